The third-order valence-corrected chi connectivity index (χ3v) is 4.23. The van der Waals surface area contributed by atoms with Gasteiger partial charge in [-0.05, 0) is 0 Å². The molecule has 0 bridgehead atoms. The van der Waals surface area contributed by atoms with Gasteiger partial charge in [0.1, 0.15) is 12.4 Å². The van der Waals surface area contributed by atoms with Crippen molar-refractivity contribution in [2.75, 3.05) is 31.7 Å². The standard InChI is InChI=1S/C23H23N3O3/c1-26(14-8-9-15-29-17-21(27)28)20-16-24-22(18-10-4-2-5-11-18)23(25-20)19-12-6-3-7-13-19/h2-13,16H,14-15,17H2,1H3,(H,27,28). The molecule has 2 aromatic carbocycles. The fourth-order valence-electron chi connectivity index (χ4n) is 2.78. The monoisotopic (exact) mass is 389 g/mol. The Hall–Kier alpha value is -3.51. The summed E-state index contributed by atoms with van der Waals surface area (Å²) in [5.41, 5.74) is 3.69. The number of carboxylic acids is 1. The molecule has 0 saturated heterocycles. The van der Waals surface area contributed by atoms with E-state index in [0.29, 0.717) is 6.54 Å². The number of carboxylic acid groups (broad SMARTS) is 1. The number of rotatable bonds is 9. The van der Waals surface area contributed by atoms with Crippen molar-refractivity contribution in [1.82, 2.24) is 9.97 Å². The zero-order valence-electron chi connectivity index (χ0n) is 16.2. The van der Waals surface area contributed by atoms with Crippen LogP contribution < -0.4 is 4.90 Å². The van der Waals surface area contributed by atoms with E-state index in [2.05, 4.69) is 0 Å². The summed E-state index contributed by atoms with van der Waals surface area (Å²) in [7, 11) is 1.93. The topological polar surface area (TPSA) is 75.5 Å². The van der Waals surface area contributed by atoms with Crippen LogP contribution in [-0.2, 0) is 9.53 Å². The summed E-state index contributed by atoms with van der Waals surface area (Å²) in [6.07, 6.45) is 5.48. The number of anilines is 1. The van der Waals surface area contributed by atoms with Gasteiger partial charge in [0.25, 0.3) is 0 Å². The van der Waals surface area contributed by atoms with Crippen LogP contribution in [0.25, 0.3) is 22.5 Å². The van der Waals surface area contributed by atoms with E-state index in [9.17, 15) is 4.79 Å². The maximum atomic E-state index is 10.4. The number of aromatic nitrogens is 2. The van der Waals surface area contributed by atoms with Gasteiger partial charge in [-0.3, -0.25) is 4.98 Å². The Bertz CT molecular complexity index is 960. The molecule has 1 heterocycles. The molecule has 0 spiro atoms. The van der Waals surface area contributed by atoms with Gasteiger partial charge in [0, 0.05) is 24.7 Å². The fourth-order valence-corrected chi connectivity index (χ4v) is 2.78. The first-order chi connectivity index (χ1) is 14.1. The Morgan fingerprint density at radius 1 is 1.00 bits per heavy atom. The number of likely N-dealkylation sites (N-methyl/N-ethyl adjacent to an activating group) is 1. The van der Waals surface area contributed by atoms with Gasteiger partial charge < -0.3 is 14.7 Å². The molecule has 148 valence electrons. The summed E-state index contributed by atoms with van der Waals surface area (Å²) in [5.74, 6) is -0.225. The van der Waals surface area contributed by atoms with Crippen molar-refractivity contribution in [1.29, 1.82) is 0 Å². The van der Waals surface area contributed by atoms with Crippen molar-refractivity contribution in [2.45, 2.75) is 0 Å². The highest BCUT2D eigenvalue weighted by atomic mass is 16.5. The second-order valence-electron chi connectivity index (χ2n) is 6.42. The van der Waals surface area contributed by atoms with Crippen molar-refractivity contribution in [2.24, 2.45) is 0 Å². The van der Waals surface area contributed by atoms with Crippen molar-refractivity contribution in [3.8, 4) is 22.5 Å². The van der Waals surface area contributed by atoms with Crippen molar-refractivity contribution in [3.05, 3.63) is 79.0 Å². The van der Waals surface area contributed by atoms with Gasteiger partial charge in [-0.2, -0.15) is 0 Å². The largest absolute Gasteiger partial charge is 0.480 e. The van der Waals surface area contributed by atoms with E-state index in [1.807, 2.05) is 78.7 Å². The minimum Gasteiger partial charge on any atom is -0.480 e. The molecule has 3 rings (SSSR count). The van der Waals surface area contributed by atoms with E-state index < -0.39 is 5.97 Å². The van der Waals surface area contributed by atoms with Crippen LogP contribution in [-0.4, -0.2) is 47.8 Å². The number of carbonyl (C=O) groups is 1. The summed E-state index contributed by atoms with van der Waals surface area (Å²) >= 11 is 0. The molecule has 3 aromatic rings. The lowest BCUT2D eigenvalue weighted by Gasteiger charge is -2.18. The maximum Gasteiger partial charge on any atom is 0.329 e. The Kier molecular flexibility index (Phi) is 7.08. The number of hydrogen-bond acceptors (Lipinski definition) is 5. The van der Waals surface area contributed by atoms with Crippen molar-refractivity contribution in [3.63, 3.8) is 0 Å². The quantitative estimate of drug-likeness (QED) is 0.442. The van der Waals surface area contributed by atoms with E-state index in [1.54, 1.807) is 12.3 Å². The average molecular weight is 389 g/mol. The fraction of sp³-hybridized carbons (Fsp3) is 0.174. The maximum absolute atomic E-state index is 10.4. The molecule has 0 unspecified atom stereocenters. The van der Waals surface area contributed by atoms with Crippen LogP contribution >= 0.6 is 0 Å². The van der Waals surface area contributed by atoms with Crippen molar-refractivity contribution >= 4 is 11.8 Å². The summed E-state index contributed by atoms with van der Waals surface area (Å²) in [6, 6.07) is 20.0. The summed E-state index contributed by atoms with van der Waals surface area (Å²) in [6.45, 7) is 0.561. The average Bonchev–Trinajstić information content (AvgIpc) is 2.76. The molecule has 0 saturated carbocycles. The van der Waals surface area contributed by atoms with Crippen LogP contribution in [0.1, 0.15) is 0 Å². The molecule has 0 radical (unpaired) electrons. The molecule has 0 fully saturated rings. The van der Waals surface area contributed by atoms with Crippen LogP contribution in [0.5, 0.6) is 0 Å². The van der Waals surface area contributed by atoms with Crippen LogP contribution in [0.4, 0.5) is 5.82 Å². The van der Waals surface area contributed by atoms with Gasteiger partial charge in [-0.15, -0.1) is 0 Å². The Morgan fingerprint density at radius 2 is 1.62 bits per heavy atom. The number of benzene rings is 2. The number of ether oxygens (including phenoxy) is 1. The highest BCUT2D eigenvalue weighted by Gasteiger charge is 2.13. The third-order valence-electron chi connectivity index (χ3n) is 4.23. The number of hydrogen-bond donors (Lipinski definition) is 1. The smallest absolute Gasteiger partial charge is 0.329 e. The number of nitrogens with zero attached hydrogens (tertiary/aromatic N) is 3. The molecule has 6 nitrogen and oxygen atoms in total. The second-order valence-corrected chi connectivity index (χ2v) is 6.42. The van der Waals surface area contributed by atoms with Gasteiger partial charge >= 0.3 is 5.97 Å². The van der Waals surface area contributed by atoms with E-state index >= 15 is 0 Å². The molecule has 0 amide bonds. The van der Waals surface area contributed by atoms with Crippen LogP contribution in [0, 0.1) is 0 Å². The zero-order chi connectivity index (χ0) is 20.5. The SMILES string of the molecule is CN(CC=CCOCC(=O)O)c1cnc(-c2ccccc2)c(-c2ccccc2)n1. The molecule has 0 aliphatic heterocycles. The lowest BCUT2D eigenvalue weighted by Crippen LogP contribution is -2.19. The Morgan fingerprint density at radius 3 is 2.24 bits per heavy atom. The lowest BCUT2D eigenvalue weighted by molar-refractivity contribution is -0.141. The molecular weight excluding hydrogens is 366 g/mol. The zero-order valence-corrected chi connectivity index (χ0v) is 16.2. The summed E-state index contributed by atoms with van der Waals surface area (Å²) in [4.78, 5) is 22.0. The molecule has 0 aliphatic carbocycles. The molecule has 0 atom stereocenters. The predicted molar refractivity (Wildman–Crippen MR) is 114 cm³/mol. The van der Waals surface area contributed by atoms with Gasteiger partial charge in [-0.25, -0.2) is 9.78 Å². The second kappa shape index (κ2) is 10.1. The molecule has 1 aromatic heterocycles. The molecule has 1 N–H and O–H groups in total. The van der Waals surface area contributed by atoms with E-state index in [-0.39, 0.29) is 13.2 Å². The predicted octanol–water partition coefficient (Wildman–Crippen LogP) is 3.90. The molecular formula is C23H23N3O3. The first-order valence-corrected chi connectivity index (χ1v) is 9.28. The molecule has 6 heteroatoms. The van der Waals surface area contributed by atoms with Crippen molar-refractivity contribution < 1.29 is 14.6 Å². The van der Waals surface area contributed by atoms with E-state index in [0.717, 1.165) is 28.3 Å². The lowest BCUT2D eigenvalue weighted by atomic mass is 10.0. The van der Waals surface area contributed by atoms with E-state index in [4.69, 9.17) is 19.8 Å². The highest BCUT2D eigenvalue weighted by molar-refractivity contribution is 5.78. The summed E-state index contributed by atoms with van der Waals surface area (Å²) in [5, 5.41) is 8.56. The highest BCUT2D eigenvalue weighted by Crippen LogP contribution is 2.30. The van der Waals surface area contributed by atoms with Crippen LogP contribution in [0.3, 0.4) is 0 Å². The minimum atomic E-state index is -0.974. The van der Waals surface area contributed by atoms with E-state index in [1.165, 1.54) is 0 Å². The first-order valence-electron chi connectivity index (χ1n) is 9.28. The Labute approximate surface area is 170 Å². The van der Waals surface area contributed by atoms with Crippen LogP contribution in [0.2, 0.25) is 0 Å². The molecule has 29 heavy (non-hydrogen) atoms. The minimum absolute atomic E-state index is 0.258. The Balaban J connectivity index is 1.80. The van der Waals surface area contributed by atoms with Gasteiger partial charge in [0.2, 0.25) is 0 Å². The summed E-state index contributed by atoms with van der Waals surface area (Å²) < 4.78 is 4.99. The van der Waals surface area contributed by atoms with Gasteiger partial charge in [0.05, 0.1) is 24.2 Å². The molecule has 0 aliphatic rings. The van der Waals surface area contributed by atoms with Crippen LogP contribution in [0.15, 0.2) is 79.0 Å². The van der Waals surface area contributed by atoms with Gasteiger partial charge in [-0.1, -0.05) is 72.8 Å². The number of aliphatic carboxylic acids is 1. The third kappa shape index (κ3) is 5.73. The van der Waals surface area contributed by atoms with Gasteiger partial charge in [0.15, 0.2) is 0 Å². The first kappa shape index (κ1) is 20.2. The normalized spacial score (nSPS) is 10.9.